The molecule has 2 aliphatic rings. The standard InChI is InChI=1S/C15H21NO/c1-11(17)9-12-5-6-15-13(10-12)7-8-16(15)14-3-2-4-14/h5-6,10-11,14,17H,2-4,7-9H2,1H3. The van der Waals surface area contributed by atoms with Gasteiger partial charge in [0.15, 0.2) is 0 Å². The molecule has 92 valence electrons. The minimum atomic E-state index is -0.239. The van der Waals surface area contributed by atoms with Gasteiger partial charge in [0.05, 0.1) is 6.10 Å². The Balaban J connectivity index is 1.80. The predicted molar refractivity (Wildman–Crippen MR) is 70.5 cm³/mol. The van der Waals surface area contributed by atoms with Crippen molar-refractivity contribution in [3.8, 4) is 0 Å². The smallest absolute Gasteiger partial charge is 0.0552 e. The minimum Gasteiger partial charge on any atom is -0.393 e. The second-order valence-electron chi connectivity index (χ2n) is 5.54. The second kappa shape index (κ2) is 4.34. The molecule has 0 bridgehead atoms. The first-order chi connectivity index (χ1) is 8.24. The molecule has 0 radical (unpaired) electrons. The van der Waals surface area contributed by atoms with E-state index in [2.05, 4.69) is 23.1 Å². The monoisotopic (exact) mass is 231 g/mol. The lowest BCUT2D eigenvalue weighted by Gasteiger charge is -2.36. The number of fused-ring (bicyclic) bond motifs is 1. The van der Waals surface area contributed by atoms with Gasteiger partial charge in [0.25, 0.3) is 0 Å². The van der Waals surface area contributed by atoms with Crippen molar-refractivity contribution in [2.45, 2.75) is 51.2 Å². The minimum absolute atomic E-state index is 0.239. The fourth-order valence-electron chi connectivity index (χ4n) is 3.03. The summed E-state index contributed by atoms with van der Waals surface area (Å²) in [7, 11) is 0. The highest BCUT2D eigenvalue weighted by Crippen LogP contribution is 2.36. The van der Waals surface area contributed by atoms with Gasteiger partial charge in [-0.15, -0.1) is 0 Å². The molecular weight excluding hydrogens is 210 g/mol. The van der Waals surface area contributed by atoms with Gasteiger partial charge >= 0.3 is 0 Å². The van der Waals surface area contributed by atoms with Crippen molar-refractivity contribution in [3.63, 3.8) is 0 Å². The largest absolute Gasteiger partial charge is 0.393 e. The van der Waals surface area contributed by atoms with Crippen molar-refractivity contribution in [3.05, 3.63) is 29.3 Å². The van der Waals surface area contributed by atoms with Crippen molar-refractivity contribution >= 4 is 5.69 Å². The topological polar surface area (TPSA) is 23.5 Å². The lowest BCUT2D eigenvalue weighted by molar-refractivity contribution is 0.195. The summed E-state index contributed by atoms with van der Waals surface area (Å²) < 4.78 is 0. The molecule has 2 nitrogen and oxygen atoms in total. The van der Waals surface area contributed by atoms with Crippen LogP contribution >= 0.6 is 0 Å². The van der Waals surface area contributed by atoms with Crippen LogP contribution in [0.1, 0.15) is 37.3 Å². The van der Waals surface area contributed by atoms with Gasteiger partial charge in [-0.25, -0.2) is 0 Å². The number of hydrogen-bond acceptors (Lipinski definition) is 2. The molecule has 0 aromatic heterocycles. The summed E-state index contributed by atoms with van der Waals surface area (Å²) in [4.78, 5) is 2.59. The SMILES string of the molecule is CC(O)Cc1ccc2c(c1)CCN2C1CCC1. The van der Waals surface area contributed by atoms with Crippen LogP contribution in [0.3, 0.4) is 0 Å². The molecule has 0 saturated heterocycles. The van der Waals surface area contributed by atoms with E-state index in [-0.39, 0.29) is 6.10 Å². The zero-order chi connectivity index (χ0) is 11.8. The molecule has 1 N–H and O–H groups in total. The zero-order valence-corrected chi connectivity index (χ0v) is 10.5. The van der Waals surface area contributed by atoms with Crippen molar-refractivity contribution in [1.29, 1.82) is 0 Å². The molecule has 1 aromatic carbocycles. The zero-order valence-electron chi connectivity index (χ0n) is 10.5. The summed E-state index contributed by atoms with van der Waals surface area (Å²) in [5, 5.41) is 9.43. The van der Waals surface area contributed by atoms with E-state index in [1.54, 1.807) is 0 Å². The number of aliphatic hydroxyl groups excluding tert-OH is 1. The van der Waals surface area contributed by atoms with Crippen LogP contribution in [0, 0.1) is 0 Å². The number of aliphatic hydroxyl groups is 1. The van der Waals surface area contributed by atoms with Crippen LogP contribution in [0.25, 0.3) is 0 Å². The second-order valence-corrected chi connectivity index (χ2v) is 5.54. The molecule has 1 saturated carbocycles. The van der Waals surface area contributed by atoms with E-state index >= 15 is 0 Å². The molecule has 1 aromatic rings. The van der Waals surface area contributed by atoms with E-state index in [1.807, 2.05) is 6.92 Å². The average molecular weight is 231 g/mol. The van der Waals surface area contributed by atoms with E-state index in [0.717, 1.165) is 12.5 Å². The molecule has 3 rings (SSSR count). The Labute approximate surface area is 103 Å². The van der Waals surface area contributed by atoms with Crippen molar-refractivity contribution in [2.24, 2.45) is 0 Å². The highest BCUT2D eigenvalue weighted by molar-refractivity contribution is 5.60. The maximum Gasteiger partial charge on any atom is 0.0552 e. The van der Waals surface area contributed by atoms with Crippen molar-refractivity contribution < 1.29 is 5.11 Å². The Morgan fingerprint density at radius 3 is 2.88 bits per heavy atom. The fourth-order valence-corrected chi connectivity index (χ4v) is 3.03. The molecule has 1 heterocycles. The van der Waals surface area contributed by atoms with Crippen LogP contribution < -0.4 is 4.90 Å². The van der Waals surface area contributed by atoms with Gasteiger partial charge in [-0.2, -0.15) is 0 Å². The van der Waals surface area contributed by atoms with Gasteiger partial charge in [-0.1, -0.05) is 12.1 Å². The van der Waals surface area contributed by atoms with Gasteiger partial charge in [-0.05, 0) is 56.2 Å². The fraction of sp³-hybridized carbons (Fsp3) is 0.600. The van der Waals surface area contributed by atoms with Gasteiger partial charge < -0.3 is 10.0 Å². The Morgan fingerprint density at radius 1 is 1.41 bits per heavy atom. The quantitative estimate of drug-likeness (QED) is 0.864. The molecule has 2 heteroatoms. The van der Waals surface area contributed by atoms with E-state index in [9.17, 15) is 5.11 Å². The Kier molecular flexibility index (Phi) is 2.83. The third-order valence-corrected chi connectivity index (χ3v) is 4.12. The summed E-state index contributed by atoms with van der Waals surface area (Å²) in [5.41, 5.74) is 4.20. The number of benzene rings is 1. The first-order valence-corrected chi connectivity index (χ1v) is 6.80. The number of hydrogen-bond donors (Lipinski definition) is 1. The Morgan fingerprint density at radius 2 is 2.24 bits per heavy atom. The van der Waals surface area contributed by atoms with E-state index in [1.165, 1.54) is 49.0 Å². The highest BCUT2D eigenvalue weighted by atomic mass is 16.3. The molecular formula is C15H21NO. The van der Waals surface area contributed by atoms with Gasteiger partial charge in [0.1, 0.15) is 0 Å². The van der Waals surface area contributed by atoms with Crippen LogP contribution in [0.15, 0.2) is 18.2 Å². The molecule has 1 aliphatic heterocycles. The highest BCUT2D eigenvalue weighted by Gasteiger charge is 2.29. The Hall–Kier alpha value is -1.02. The first-order valence-electron chi connectivity index (χ1n) is 6.80. The maximum absolute atomic E-state index is 9.43. The summed E-state index contributed by atoms with van der Waals surface area (Å²) in [6, 6.07) is 7.54. The number of anilines is 1. The van der Waals surface area contributed by atoms with Crippen LogP contribution in [-0.4, -0.2) is 23.8 Å². The normalized spacial score (nSPS) is 21.2. The summed E-state index contributed by atoms with van der Waals surface area (Å²) in [6.07, 6.45) is 5.86. The third kappa shape index (κ3) is 2.06. The van der Waals surface area contributed by atoms with Crippen molar-refractivity contribution in [1.82, 2.24) is 0 Å². The molecule has 1 fully saturated rings. The summed E-state index contributed by atoms with van der Waals surface area (Å²) in [5.74, 6) is 0. The summed E-state index contributed by atoms with van der Waals surface area (Å²) in [6.45, 7) is 3.05. The summed E-state index contributed by atoms with van der Waals surface area (Å²) >= 11 is 0. The van der Waals surface area contributed by atoms with Crippen LogP contribution in [0.4, 0.5) is 5.69 Å². The molecule has 0 spiro atoms. The van der Waals surface area contributed by atoms with Gasteiger partial charge in [-0.3, -0.25) is 0 Å². The van der Waals surface area contributed by atoms with E-state index in [0.29, 0.717) is 0 Å². The van der Waals surface area contributed by atoms with E-state index in [4.69, 9.17) is 0 Å². The van der Waals surface area contributed by atoms with Crippen LogP contribution in [0.5, 0.6) is 0 Å². The van der Waals surface area contributed by atoms with Crippen LogP contribution in [-0.2, 0) is 12.8 Å². The number of rotatable bonds is 3. The molecule has 0 amide bonds. The maximum atomic E-state index is 9.43. The van der Waals surface area contributed by atoms with E-state index < -0.39 is 0 Å². The van der Waals surface area contributed by atoms with Gasteiger partial charge in [0.2, 0.25) is 0 Å². The Bertz CT molecular complexity index is 409. The third-order valence-electron chi connectivity index (χ3n) is 4.12. The molecule has 1 atom stereocenters. The average Bonchev–Trinajstić information content (AvgIpc) is 2.58. The van der Waals surface area contributed by atoms with Crippen molar-refractivity contribution in [2.75, 3.05) is 11.4 Å². The first kappa shape index (κ1) is 11.1. The van der Waals surface area contributed by atoms with Crippen LogP contribution in [0.2, 0.25) is 0 Å². The number of nitrogens with zero attached hydrogens (tertiary/aromatic N) is 1. The molecule has 1 aliphatic carbocycles. The predicted octanol–water partition coefficient (Wildman–Crippen LogP) is 2.52. The molecule has 17 heavy (non-hydrogen) atoms. The lowest BCUT2D eigenvalue weighted by Crippen LogP contribution is -2.38. The van der Waals surface area contributed by atoms with Gasteiger partial charge in [0, 0.05) is 18.3 Å². The lowest BCUT2D eigenvalue weighted by atomic mass is 9.91. The molecule has 1 unspecified atom stereocenters.